The molecule has 0 aliphatic rings. The summed E-state index contributed by atoms with van der Waals surface area (Å²) in [6.45, 7) is 13.0. The Labute approximate surface area is 115 Å². The van der Waals surface area contributed by atoms with Gasteiger partial charge in [-0.3, -0.25) is 4.79 Å². The first-order valence-corrected chi connectivity index (χ1v) is 10.3. The fourth-order valence-corrected chi connectivity index (χ4v) is 2.52. The molecule has 0 amide bonds. The van der Waals surface area contributed by atoms with E-state index in [1.807, 2.05) is 0 Å². The first kappa shape index (κ1) is 17.7. The van der Waals surface area contributed by atoms with Crippen molar-refractivity contribution in [3.05, 3.63) is 0 Å². The minimum absolute atomic E-state index is 0.0112. The lowest BCUT2D eigenvalue weighted by Gasteiger charge is -2.35. The van der Waals surface area contributed by atoms with Gasteiger partial charge in [0.2, 0.25) is 0 Å². The van der Waals surface area contributed by atoms with Crippen LogP contribution in [0.25, 0.3) is 0 Å². The van der Waals surface area contributed by atoms with Gasteiger partial charge < -0.3 is 4.43 Å². The zero-order chi connectivity index (χ0) is 14.2. The maximum Gasteiger partial charge on any atom is 0.292 e. The van der Waals surface area contributed by atoms with E-state index in [0.29, 0.717) is 6.42 Å². The fourth-order valence-electron chi connectivity index (χ4n) is 1.54. The molecule has 0 saturated heterocycles. The number of hydrogen-bond donors (Lipinski definition) is 0. The zero-order valence-corrected chi connectivity index (χ0v) is 14.3. The highest BCUT2D eigenvalue weighted by Crippen LogP contribution is 2.36. The molecule has 0 aromatic heterocycles. The average Bonchev–Trinajstić information content (AvgIpc) is 2.20. The smallest absolute Gasteiger partial charge is 0.292 e. The number of carbonyl (C=O) groups is 1. The molecule has 0 fully saturated rings. The number of carbonyl (C=O) groups excluding carboxylic acids is 1. The van der Waals surface area contributed by atoms with Crippen molar-refractivity contribution in [3.63, 3.8) is 0 Å². The Morgan fingerprint density at radius 1 is 1.00 bits per heavy atom. The molecule has 0 radical (unpaired) electrons. The quantitative estimate of drug-likeness (QED) is 0.443. The predicted octanol–water partition coefficient (Wildman–Crippen LogP) is 5.29. The van der Waals surface area contributed by atoms with Crippen LogP contribution in [0, 0.1) is 0 Å². The molecule has 2 nitrogen and oxygen atoms in total. The molecule has 0 aliphatic carbocycles. The molecule has 0 saturated carbocycles. The van der Waals surface area contributed by atoms with Gasteiger partial charge in [-0.25, -0.2) is 0 Å². The molecule has 0 atom stereocenters. The molecule has 0 aromatic rings. The Morgan fingerprint density at radius 3 is 2.00 bits per heavy atom. The molecule has 0 spiro atoms. The SMILES string of the molecule is CCCCCCCCC(=O)O[Si](C)(C)C(C)(C)C. The van der Waals surface area contributed by atoms with E-state index in [2.05, 4.69) is 40.8 Å². The third-order valence-electron chi connectivity index (χ3n) is 3.91. The van der Waals surface area contributed by atoms with Crippen LogP contribution in [0.5, 0.6) is 0 Å². The van der Waals surface area contributed by atoms with Crippen molar-refractivity contribution in [1.82, 2.24) is 0 Å². The largest absolute Gasteiger partial charge is 0.519 e. The summed E-state index contributed by atoms with van der Waals surface area (Å²) in [5.41, 5.74) is 0. The number of unbranched alkanes of at least 4 members (excludes halogenated alkanes) is 5. The lowest BCUT2D eigenvalue weighted by Crippen LogP contribution is -2.42. The van der Waals surface area contributed by atoms with E-state index >= 15 is 0 Å². The molecule has 0 unspecified atom stereocenters. The van der Waals surface area contributed by atoms with Crippen molar-refractivity contribution in [2.24, 2.45) is 0 Å². The van der Waals surface area contributed by atoms with Crippen molar-refractivity contribution < 1.29 is 9.22 Å². The average molecular weight is 273 g/mol. The molecular formula is C15H32O2Si. The summed E-state index contributed by atoms with van der Waals surface area (Å²) in [6.07, 6.45) is 7.87. The first-order chi connectivity index (χ1) is 8.20. The third kappa shape index (κ3) is 7.19. The van der Waals surface area contributed by atoms with Gasteiger partial charge in [0.05, 0.1) is 0 Å². The van der Waals surface area contributed by atoms with Crippen LogP contribution in [0.15, 0.2) is 0 Å². The van der Waals surface area contributed by atoms with Gasteiger partial charge in [0.25, 0.3) is 14.3 Å². The molecular weight excluding hydrogens is 240 g/mol. The highest BCUT2D eigenvalue weighted by Gasteiger charge is 2.40. The van der Waals surface area contributed by atoms with Gasteiger partial charge in [-0.1, -0.05) is 59.8 Å². The highest BCUT2D eigenvalue weighted by atomic mass is 28.4. The van der Waals surface area contributed by atoms with Gasteiger partial charge in [0, 0.05) is 6.42 Å². The van der Waals surface area contributed by atoms with E-state index < -0.39 is 8.32 Å². The Hall–Kier alpha value is -0.313. The van der Waals surface area contributed by atoms with Gasteiger partial charge in [0.1, 0.15) is 0 Å². The maximum absolute atomic E-state index is 11.8. The second-order valence-electron chi connectivity index (χ2n) is 6.75. The van der Waals surface area contributed by atoms with Gasteiger partial charge in [0.15, 0.2) is 0 Å². The molecule has 0 aromatic carbocycles. The van der Waals surface area contributed by atoms with Gasteiger partial charge >= 0.3 is 0 Å². The van der Waals surface area contributed by atoms with E-state index in [0.717, 1.165) is 12.8 Å². The monoisotopic (exact) mass is 272 g/mol. The lowest BCUT2D eigenvalue weighted by atomic mass is 10.1. The van der Waals surface area contributed by atoms with Crippen LogP contribution >= 0.6 is 0 Å². The first-order valence-electron chi connectivity index (χ1n) is 7.42. The number of rotatable bonds is 8. The molecule has 0 bridgehead atoms. The Kier molecular flexibility index (Phi) is 7.84. The molecule has 3 heteroatoms. The molecule has 0 heterocycles. The van der Waals surface area contributed by atoms with Crippen LogP contribution in [0.2, 0.25) is 18.1 Å². The normalized spacial score (nSPS) is 12.6. The van der Waals surface area contributed by atoms with Crippen molar-refractivity contribution in [2.75, 3.05) is 0 Å². The Balaban J connectivity index is 3.78. The van der Waals surface area contributed by atoms with E-state index in [1.165, 1.54) is 25.7 Å². The summed E-state index contributed by atoms with van der Waals surface area (Å²) in [6, 6.07) is 0. The summed E-state index contributed by atoms with van der Waals surface area (Å²) in [7, 11) is -1.90. The van der Waals surface area contributed by atoms with Gasteiger partial charge in [-0.15, -0.1) is 0 Å². The molecule has 108 valence electrons. The van der Waals surface area contributed by atoms with Crippen LogP contribution in [0.4, 0.5) is 0 Å². The zero-order valence-electron chi connectivity index (χ0n) is 13.3. The van der Waals surface area contributed by atoms with Crippen molar-refractivity contribution >= 4 is 14.3 Å². The van der Waals surface area contributed by atoms with Crippen LogP contribution in [0.1, 0.15) is 72.6 Å². The summed E-state index contributed by atoms with van der Waals surface area (Å²) in [4.78, 5) is 11.8. The van der Waals surface area contributed by atoms with Crippen LogP contribution < -0.4 is 0 Å². The second kappa shape index (κ2) is 7.98. The summed E-state index contributed by atoms with van der Waals surface area (Å²) in [5, 5.41) is 0.115. The van der Waals surface area contributed by atoms with Crippen molar-refractivity contribution in [1.29, 1.82) is 0 Å². The second-order valence-corrected chi connectivity index (χ2v) is 11.5. The summed E-state index contributed by atoms with van der Waals surface area (Å²) < 4.78 is 5.73. The van der Waals surface area contributed by atoms with E-state index in [9.17, 15) is 4.79 Å². The van der Waals surface area contributed by atoms with Gasteiger partial charge in [-0.05, 0) is 24.6 Å². The van der Waals surface area contributed by atoms with E-state index in [4.69, 9.17) is 4.43 Å². The molecule has 0 rings (SSSR count). The van der Waals surface area contributed by atoms with Crippen LogP contribution in [-0.4, -0.2) is 14.3 Å². The van der Waals surface area contributed by atoms with Crippen molar-refractivity contribution in [2.45, 2.75) is 90.8 Å². The maximum atomic E-state index is 11.8. The summed E-state index contributed by atoms with van der Waals surface area (Å²) in [5.74, 6) is 0.0112. The highest BCUT2D eigenvalue weighted by molar-refractivity contribution is 6.75. The van der Waals surface area contributed by atoms with Gasteiger partial charge in [-0.2, -0.15) is 0 Å². The third-order valence-corrected chi connectivity index (χ3v) is 8.26. The molecule has 18 heavy (non-hydrogen) atoms. The number of hydrogen-bond acceptors (Lipinski definition) is 2. The van der Waals surface area contributed by atoms with Crippen molar-refractivity contribution in [3.8, 4) is 0 Å². The lowest BCUT2D eigenvalue weighted by molar-refractivity contribution is -0.135. The summed E-state index contributed by atoms with van der Waals surface area (Å²) >= 11 is 0. The molecule has 0 N–H and O–H groups in total. The Morgan fingerprint density at radius 2 is 1.50 bits per heavy atom. The topological polar surface area (TPSA) is 26.3 Å². The van der Waals surface area contributed by atoms with Crippen LogP contribution in [-0.2, 0) is 9.22 Å². The van der Waals surface area contributed by atoms with E-state index in [-0.39, 0.29) is 11.0 Å². The molecule has 0 aliphatic heterocycles. The van der Waals surface area contributed by atoms with Crippen LogP contribution in [0.3, 0.4) is 0 Å². The fraction of sp³-hybridized carbons (Fsp3) is 0.933. The minimum Gasteiger partial charge on any atom is -0.519 e. The Bertz CT molecular complexity index is 241. The standard InChI is InChI=1S/C15H32O2Si/c1-7-8-9-10-11-12-13-14(16)17-18(5,6)15(2,3)4/h7-13H2,1-6H3. The minimum atomic E-state index is -1.90. The van der Waals surface area contributed by atoms with E-state index in [1.54, 1.807) is 0 Å². The predicted molar refractivity (Wildman–Crippen MR) is 81.3 cm³/mol.